The highest BCUT2D eigenvalue weighted by atomic mass is 16.6. The van der Waals surface area contributed by atoms with Crippen LogP contribution in [0.4, 0.5) is 0 Å². The summed E-state index contributed by atoms with van der Waals surface area (Å²) in [6.07, 6.45) is 0. The van der Waals surface area contributed by atoms with E-state index >= 15 is 0 Å². The van der Waals surface area contributed by atoms with E-state index in [1.807, 2.05) is 36.4 Å². The first-order valence-corrected chi connectivity index (χ1v) is 18.6. The van der Waals surface area contributed by atoms with Gasteiger partial charge in [0.25, 0.3) is 0 Å². The average molecular weight is 708 g/mol. The number of hydrogen-bond donors (Lipinski definition) is 0. The van der Waals surface area contributed by atoms with E-state index in [9.17, 15) is 0 Å². The lowest BCUT2D eigenvalue weighted by molar-refractivity contribution is 0.359. The van der Waals surface area contributed by atoms with Crippen molar-refractivity contribution in [1.29, 1.82) is 0 Å². The molecule has 5 nitrogen and oxygen atoms in total. The Morgan fingerprint density at radius 3 is 1.78 bits per heavy atom. The van der Waals surface area contributed by atoms with Crippen LogP contribution in [0, 0.1) is 0 Å². The Hall–Kier alpha value is -7.11. The molecule has 0 atom stereocenters. The van der Waals surface area contributed by atoms with Crippen molar-refractivity contribution in [1.82, 2.24) is 15.0 Å². The maximum absolute atomic E-state index is 6.55. The molecule has 1 aromatic heterocycles. The van der Waals surface area contributed by atoms with Crippen LogP contribution >= 0.6 is 0 Å². The molecule has 11 rings (SSSR count). The summed E-state index contributed by atoms with van der Waals surface area (Å²) in [5.41, 5.74) is 9.76. The summed E-state index contributed by atoms with van der Waals surface area (Å²) in [7, 11) is 0. The van der Waals surface area contributed by atoms with Crippen LogP contribution in [0.5, 0.6) is 23.0 Å². The van der Waals surface area contributed by atoms with E-state index < -0.39 is 0 Å². The Labute approximate surface area is 318 Å². The summed E-state index contributed by atoms with van der Waals surface area (Å²) in [6.45, 7) is 4.54. The van der Waals surface area contributed by atoms with Crippen molar-refractivity contribution in [2.24, 2.45) is 0 Å². The fourth-order valence-electron chi connectivity index (χ4n) is 8.27. The van der Waals surface area contributed by atoms with Gasteiger partial charge in [0.2, 0.25) is 0 Å². The Kier molecular flexibility index (Phi) is 6.83. The molecular formula is C50H33N3O2. The summed E-state index contributed by atoms with van der Waals surface area (Å²) in [6, 6.07) is 56.7. The smallest absolute Gasteiger partial charge is 0.170 e. The van der Waals surface area contributed by atoms with E-state index in [2.05, 4.69) is 141 Å². The third kappa shape index (κ3) is 5.12. The molecule has 1 aliphatic heterocycles. The minimum atomic E-state index is -0.112. The first-order valence-electron chi connectivity index (χ1n) is 18.6. The summed E-state index contributed by atoms with van der Waals surface area (Å²) < 4.78 is 13.0. The fourth-order valence-corrected chi connectivity index (χ4v) is 8.27. The molecule has 0 fully saturated rings. The van der Waals surface area contributed by atoms with E-state index in [1.165, 1.54) is 38.4 Å². The minimum absolute atomic E-state index is 0.112. The minimum Gasteiger partial charge on any atom is -0.450 e. The van der Waals surface area contributed by atoms with Gasteiger partial charge in [0.05, 0.1) is 0 Å². The van der Waals surface area contributed by atoms with Crippen LogP contribution in [0.15, 0.2) is 164 Å². The highest BCUT2D eigenvalue weighted by molar-refractivity contribution is 6.08. The zero-order valence-electron chi connectivity index (χ0n) is 30.2. The van der Waals surface area contributed by atoms with Crippen LogP contribution in [0.1, 0.15) is 25.0 Å². The van der Waals surface area contributed by atoms with Crippen LogP contribution in [-0.2, 0) is 5.41 Å². The van der Waals surface area contributed by atoms with E-state index in [0.717, 1.165) is 44.7 Å². The molecule has 0 unspecified atom stereocenters. The second-order valence-corrected chi connectivity index (χ2v) is 14.9. The number of rotatable bonds is 4. The number of benzene rings is 8. The van der Waals surface area contributed by atoms with Gasteiger partial charge in [0.1, 0.15) is 0 Å². The van der Waals surface area contributed by atoms with Crippen molar-refractivity contribution in [2.75, 3.05) is 0 Å². The van der Waals surface area contributed by atoms with Gasteiger partial charge in [0.15, 0.2) is 40.5 Å². The van der Waals surface area contributed by atoms with Gasteiger partial charge in [0, 0.05) is 22.1 Å². The van der Waals surface area contributed by atoms with Crippen molar-refractivity contribution in [3.63, 3.8) is 0 Å². The molecule has 5 heteroatoms. The lowest BCUT2D eigenvalue weighted by atomic mass is 9.82. The van der Waals surface area contributed by atoms with Gasteiger partial charge in [-0.2, -0.15) is 0 Å². The molecule has 2 heterocycles. The summed E-state index contributed by atoms with van der Waals surface area (Å²) in [4.78, 5) is 15.0. The molecule has 0 bridgehead atoms. The SMILES string of the molecule is CC1(C)c2ccccc2-c2cc3c(cc21)Oc1ccc(-c2ccc(-c4nc(-c5ccccc5)nc(-c5ccc6c(ccc7ccccc76)c5)n4)cc2)cc1O3. The maximum atomic E-state index is 6.55. The molecule has 0 saturated heterocycles. The van der Waals surface area contributed by atoms with Crippen LogP contribution < -0.4 is 9.47 Å². The highest BCUT2D eigenvalue weighted by Gasteiger charge is 2.37. The molecule has 0 N–H and O–H groups in total. The Morgan fingerprint density at radius 1 is 0.364 bits per heavy atom. The molecule has 9 aromatic rings. The topological polar surface area (TPSA) is 57.1 Å². The monoisotopic (exact) mass is 707 g/mol. The van der Waals surface area contributed by atoms with Gasteiger partial charge in [-0.15, -0.1) is 0 Å². The first kappa shape index (κ1) is 31.4. The predicted octanol–water partition coefficient (Wildman–Crippen LogP) is 13.1. The zero-order valence-corrected chi connectivity index (χ0v) is 30.2. The predicted molar refractivity (Wildman–Crippen MR) is 221 cm³/mol. The second kappa shape index (κ2) is 12.0. The molecule has 0 amide bonds. The number of aromatic nitrogens is 3. The first-order chi connectivity index (χ1) is 27.0. The normalized spacial score (nSPS) is 13.3. The molecule has 260 valence electrons. The van der Waals surface area contributed by atoms with E-state index in [1.54, 1.807) is 0 Å². The highest BCUT2D eigenvalue weighted by Crippen LogP contribution is 2.55. The second-order valence-electron chi connectivity index (χ2n) is 14.9. The van der Waals surface area contributed by atoms with Crippen LogP contribution in [-0.4, -0.2) is 15.0 Å². The van der Waals surface area contributed by atoms with Crippen LogP contribution in [0.25, 0.3) is 78.0 Å². The van der Waals surface area contributed by atoms with Crippen LogP contribution in [0.3, 0.4) is 0 Å². The van der Waals surface area contributed by atoms with Crippen molar-refractivity contribution in [2.45, 2.75) is 19.3 Å². The van der Waals surface area contributed by atoms with E-state index in [0.29, 0.717) is 29.0 Å². The average Bonchev–Trinajstić information content (AvgIpc) is 3.46. The molecule has 55 heavy (non-hydrogen) atoms. The summed E-state index contributed by atoms with van der Waals surface area (Å²) in [5.74, 6) is 4.75. The van der Waals surface area contributed by atoms with Crippen LogP contribution in [0.2, 0.25) is 0 Å². The van der Waals surface area contributed by atoms with Gasteiger partial charge in [-0.25, -0.2) is 15.0 Å². The molecule has 1 aliphatic carbocycles. The Morgan fingerprint density at radius 2 is 0.945 bits per heavy atom. The largest absolute Gasteiger partial charge is 0.450 e. The number of hydrogen-bond acceptors (Lipinski definition) is 5. The fraction of sp³-hybridized carbons (Fsp3) is 0.0600. The van der Waals surface area contributed by atoms with Crippen molar-refractivity contribution in [3.05, 3.63) is 175 Å². The quantitative estimate of drug-likeness (QED) is 0.170. The number of fused-ring (bicyclic) bond motifs is 8. The van der Waals surface area contributed by atoms with Gasteiger partial charge in [-0.1, -0.05) is 147 Å². The molecule has 0 saturated carbocycles. The van der Waals surface area contributed by atoms with Gasteiger partial charge in [-0.3, -0.25) is 0 Å². The zero-order chi connectivity index (χ0) is 36.7. The third-order valence-corrected chi connectivity index (χ3v) is 11.2. The maximum Gasteiger partial charge on any atom is 0.170 e. The summed E-state index contributed by atoms with van der Waals surface area (Å²) in [5, 5.41) is 4.80. The molecule has 8 aromatic carbocycles. The lowest BCUT2D eigenvalue weighted by Gasteiger charge is -2.25. The molecule has 0 spiro atoms. The standard InChI is InChI=1S/C50H33N3O2/c1-50(2)41-15-9-8-14-39(41)40-28-45-46(29-42(40)50)54-43-25-23-34(27-44(43)55-45)30-16-19-33(20-17-30)48-51-47(32-11-4-3-5-12-32)52-49(53-48)36-22-24-38-35(26-36)21-18-31-10-6-7-13-37(31)38/h3-29H,1-2H3. The molecule has 2 aliphatic rings. The van der Waals surface area contributed by atoms with E-state index in [4.69, 9.17) is 24.4 Å². The van der Waals surface area contributed by atoms with Gasteiger partial charge < -0.3 is 9.47 Å². The third-order valence-electron chi connectivity index (χ3n) is 11.2. The van der Waals surface area contributed by atoms with E-state index in [-0.39, 0.29) is 5.41 Å². The van der Waals surface area contributed by atoms with Gasteiger partial charge >= 0.3 is 0 Å². The molecular weight excluding hydrogens is 675 g/mol. The lowest BCUT2D eigenvalue weighted by Crippen LogP contribution is -2.15. The number of ether oxygens (including phenoxy) is 2. The van der Waals surface area contributed by atoms with Crippen molar-refractivity contribution >= 4 is 21.5 Å². The van der Waals surface area contributed by atoms with Crippen molar-refractivity contribution < 1.29 is 9.47 Å². The van der Waals surface area contributed by atoms with Crippen molar-refractivity contribution in [3.8, 4) is 79.4 Å². The Bertz CT molecular complexity index is 3010. The summed E-state index contributed by atoms with van der Waals surface area (Å²) >= 11 is 0. The Balaban J connectivity index is 0.930. The number of nitrogens with zero attached hydrogens (tertiary/aromatic N) is 3. The molecule has 0 radical (unpaired) electrons. The van der Waals surface area contributed by atoms with Gasteiger partial charge in [-0.05, 0) is 85.3 Å².